The van der Waals surface area contributed by atoms with Crippen LogP contribution in [0.1, 0.15) is 17.3 Å². The van der Waals surface area contributed by atoms with Crippen molar-refractivity contribution >= 4 is 17.6 Å². The fourth-order valence-corrected chi connectivity index (χ4v) is 1.21. The molecule has 0 heterocycles. The Kier molecular flexibility index (Phi) is 3.30. The van der Waals surface area contributed by atoms with Crippen LogP contribution >= 0.6 is 11.6 Å². The predicted molar refractivity (Wildman–Crippen MR) is 49.5 cm³/mol. The van der Waals surface area contributed by atoms with Gasteiger partial charge in [-0.05, 0) is 19.1 Å². The fourth-order valence-electron chi connectivity index (χ4n) is 0.986. The molecule has 5 heteroatoms. The highest BCUT2D eigenvalue weighted by molar-refractivity contribution is 6.32. The first-order chi connectivity index (χ1) is 6.57. The summed E-state index contributed by atoms with van der Waals surface area (Å²) in [6.45, 7) is 1.89. The maximum absolute atomic E-state index is 12.9. The SMILES string of the molecule is CCOc1c(C(=O)O)ccc(F)c1Cl. The van der Waals surface area contributed by atoms with E-state index in [0.29, 0.717) is 0 Å². The van der Waals surface area contributed by atoms with Crippen molar-refractivity contribution < 1.29 is 19.0 Å². The van der Waals surface area contributed by atoms with Crippen molar-refractivity contribution in [3.8, 4) is 5.75 Å². The quantitative estimate of drug-likeness (QED) is 0.848. The van der Waals surface area contributed by atoms with Gasteiger partial charge in [-0.25, -0.2) is 9.18 Å². The van der Waals surface area contributed by atoms with E-state index in [2.05, 4.69) is 0 Å². The van der Waals surface area contributed by atoms with Crippen LogP contribution in [0.2, 0.25) is 5.02 Å². The zero-order valence-corrected chi connectivity index (χ0v) is 8.14. The Bertz CT molecular complexity index is 365. The molecule has 0 spiro atoms. The molecule has 0 saturated carbocycles. The molecule has 0 radical (unpaired) electrons. The Morgan fingerprint density at radius 3 is 2.79 bits per heavy atom. The minimum absolute atomic E-state index is 0.123. The molecule has 0 aliphatic rings. The first-order valence-electron chi connectivity index (χ1n) is 3.92. The van der Waals surface area contributed by atoms with Crippen LogP contribution in [-0.4, -0.2) is 17.7 Å². The van der Waals surface area contributed by atoms with Gasteiger partial charge < -0.3 is 9.84 Å². The van der Waals surface area contributed by atoms with Crippen molar-refractivity contribution in [2.24, 2.45) is 0 Å². The average molecular weight is 219 g/mol. The molecule has 0 bridgehead atoms. The highest BCUT2D eigenvalue weighted by Crippen LogP contribution is 2.31. The van der Waals surface area contributed by atoms with Gasteiger partial charge in [-0.1, -0.05) is 11.6 Å². The van der Waals surface area contributed by atoms with Crippen LogP contribution < -0.4 is 4.74 Å². The lowest BCUT2D eigenvalue weighted by Crippen LogP contribution is -2.04. The van der Waals surface area contributed by atoms with E-state index in [-0.39, 0.29) is 22.9 Å². The Labute approximate surface area is 85.1 Å². The van der Waals surface area contributed by atoms with Crippen LogP contribution in [0.15, 0.2) is 12.1 Å². The molecule has 3 nitrogen and oxygen atoms in total. The van der Waals surface area contributed by atoms with Gasteiger partial charge >= 0.3 is 5.97 Å². The van der Waals surface area contributed by atoms with E-state index in [1.54, 1.807) is 6.92 Å². The minimum atomic E-state index is -1.20. The van der Waals surface area contributed by atoms with Gasteiger partial charge in [0.2, 0.25) is 0 Å². The summed E-state index contributed by atoms with van der Waals surface area (Å²) in [6.07, 6.45) is 0. The smallest absolute Gasteiger partial charge is 0.339 e. The zero-order chi connectivity index (χ0) is 10.7. The van der Waals surface area contributed by atoms with Crippen molar-refractivity contribution in [1.29, 1.82) is 0 Å². The van der Waals surface area contributed by atoms with E-state index in [4.69, 9.17) is 21.4 Å². The summed E-state index contributed by atoms with van der Waals surface area (Å²) in [4.78, 5) is 10.7. The molecule has 14 heavy (non-hydrogen) atoms. The molecular weight excluding hydrogens is 211 g/mol. The molecule has 1 aromatic carbocycles. The zero-order valence-electron chi connectivity index (χ0n) is 7.38. The molecule has 0 saturated heterocycles. The van der Waals surface area contributed by atoms with E-state index in [0.717, 1.165) is 12.1 Å². The number of aromatic carboxylic acids is 1. The molecule has 0 unspecified atom stereocenters. The van der Waals surface area contributed by atoms with Crippen molar-refractivity contribution in [3.05, 3.63) is 28.5 Å². The lowest BCUT2D eigenvalue weighted by atomic mass is 10.2. The van der Waals surface area contributed by atoms with Gasteiger partial charge in [0.15, 0.2) is 5.75 Å². The molecule has 0 amide bonds. The third-order valence-corrected chi connectivity index (χ3v) is 1.92. The monoisotopic (exact) mass is 218 g/mol. The molecule has 1 N–H and O–H groups in total. The van der Waals surface area contributed by atoms with Crippen molar-refractivity contribution in [1.82, 2.24) is 0 Å². The van der Waals surface area contributed by atoms with Crippen molar-refractivity contribution in [2.45, 2.75) is 6.92 Å². The van der Waals surface area contributed by atoms with Gasteiger partial charge in [0.25, 0.3) is 0 Å². The lowest BCUT2D eigenvalue weighted by Gasteiger charge is -2.09. The molecule has 0 aromatic heterocycles. The van der Waals surface area contributed by atoms with Crippen molar-refractivity contribution in [2.75, 3.05) is 6.61 Å². The number of carbonyl (C=O) groups is 1. The Balaban J connectivity index is 3.29. The summed E-state index contributed by atoms with van der Waals surface area (Å²) in [6, 6.07) is 2.11. The van der Waals surface area contributed by atoms with Crippen LogP contribution in [0.4, 0.5) is 4.39 Å². The third-order valence-electron chi connectivity index (χ3n) is 1.57. The van der Waals surface area contributed by atoms with Crippen LogP contribution in [-0.2, 0) is 0 Å². The third kappa shape index (κ3) is 1.96. The summed E-state index contributed by atoms with van der Waals surface area (Å²) in [5.41, 5.74) is -0.141. The summed E-state index contributed by atoms with van der Waals surface area (Å²) in [7, 11) is 0. The molecule has 0 atom stereocenters. The second kappa shape index (κ2) is 4.28. The second-order valence-electron chi connectivity index (χ2n) is 2.48. The standard InChI is InChI=1S/C9H8ClFO3/c1-2-14-8-5(9(12)13)3-4-6(11)7(8)10/h3-4H,2H2,1H3,(H,12,13). The van der Waals surface area contributed by atoms with Crippen LogP contribution in [0.25, 0.3) is 0 Å². The van der Waals surface area contributed by atoms with E-state index in [1.165, 1.54) is 0 Å². The number of hydrogen-bond donors (Lipinski definition) is 1. The van der Waals surface area contributed by atoms with Crippen LogP contribution in [0.3, 0.4) is 0 Å². The summed E-state index contributed by atoms with van der Waals surface area (Å²) in [5, 5.41) is 8.45. The molecule has 0 aliphatic carbocycles. The first-order valence-corrected chi connectivity index (χ1v) is 4.29. The van der Waals surface area contributed by atoms with E-state index < -0.39 is 11.8 Å². The molecule has 0 fully saturated rings. The van der Waals surface area contributed by atoms with Gasteiger partial charge in [0.1, 0.15) is 16.4 Å². The normalized spacial score (nSPS) is 9.93. The van der Waals surface area contributed by atoms with Gasteiger partial charge in [-0.3, -0.25) is 0 Å². The molecule has 0 aliphatic heterocycles. The molecule has 1 rings (SSSR count). The average Bonchev–Trinajstić information content (AvgIpc) is 2.13. The minimum Gasteiger partial charge on any atom is -0.491 e. The number of carboxylic acid groups (broad SMARTS) is 1. The molecule has 76 valence electrons. The fraction of sp³-hybridized carbons (Fsp3) is 0.222. The first kappa shape index (κ1) is 10.8. The van der Waals surface area contributed by atoms with E-state index in [9.17, 15) is 9.18 Å². The Hall–Kier alpha value is -1.29. The van der Waals surface area contributed by atoms with Crippen LogP contribution in [0.5, 0.6) is 5.75 Å². The van der Waals surface area contributed by atoms with Gasteiger partial charge in [0, 0.05) is 0 Å². The Morgan fingerprint density at radius 1 is 1.64 bits per heavy atom. The number of benzene rings is 1. The molecule has 1 aromatic rings. The number of rotatable bonds is 3. The van der Waals surface area contributed by atoms with E-state index in [1.807, 2.05) is 0 Å². The number of halogens is 2. The number of carboxylic acids is 1. The largest absolute Gasteiger partial charge is 0.491 e. The summed E-state index contributed by atoms with van der Waals surface area (Å²) in [5.74, 6) is -2.02. The number of ether oxygens (including phenoxy) is 1. The van der Waals surface area contributed by atoms with Crippen molar-refractivity contribution in [3.63, 3.8) is 0 Å². The maximum atomic E-state index is 12.9. The maximum Gasteiger partial charge on any atom is 0.339 e. The molecular formula is C9H8ClFO3. The van der Waals surface area contributed by atoms with Crippen LogP contribution in [0, 0.1) is 5.82 Å². The summed E-state index contributed by atoms with van der Waals surface area (Å²) >= 11 is 5.56. The second-order valence-corrected chi connectivity index (χ2v) is 2.85. The Morgan fingerprint density at radius 2 is 2.29 bits per heavy atom. The van der Waals surface area contributed by atoms with Gasteiger partial charge in [-0.2, -0.15) is 0 Å². The lowest BCUT2D eigenvalue weighted by molar-refractivity contribution is 0.0692. The van der Waals surface area contributed by atoms with Gasteiger partial charge in [0.05, 0.1) is 6.61 Å². The number of hydrogen-bond acceptors (Lipinski definition) is 2. The van der Waals surface area contributed by atoms with E-state index >= 15 is 0 Å². The topological polar surface area (TPSA) is 46.5 Å². The predicted octanol–water partition coefficient (Wildman–Crippen LogP) is 2.58. The summed E-state index contributed by atoms with van der Waals surface area (Å²) < 4.78 is 17.9. The highest BCUT2D eigenvalue weighted by Gasteiger charge is 2.17. The van der Waals surface area contributed by atoms with Gasteiger partial charge in [-0.15, -0.1) is 0 Å². The highest BCUT2D eigenvalue weighted by atomic mass is 35.5.